The molecule has 130 valence electrons. The Morgan fingerprint density at radius 1 is 1.29 bits per heavy atom. The number of carbonyl (C=O) groups excluding carboxylic acids is 1. The molecular weight excluding hydrogens is 332 g/mol. The molecule has 0 unspecified atom stereocenters. The second-order valence-corrected chi connectivity index (χ2v) is 6.34. The zero-order chi connectivity index (χ0) is 17.4. The van der Waals surface area contributed by atoms with Crippen LogP contribution in [0, 0.1) is 5.92 Å². The largest absolute Gasteiger partial charge is 0.497 e. The number of esters is 1. The number of ether oxygens (including phenoxy) is 2. The van der Waals surface area contributed by atoms with Gasteiger partial charge in [-0.2, -0.15) is 0 Å². The number of anilines is 1. The van der Waals surface area contributed by atoms with Gasteiger partial charge in [-0.3, -0.25) is 4.79 Å². The number of nitrogens with zero attached hydrogens (tertiary/aromatic N) is 1. The van der Waals surface area contributed by atoms with E-state index < -0.39 is 36.2 Å². The summed E-state index contributed by atoms with van der Waals surface area (Å²) in [5.41, 5.74) is 0.776. The summed E-state index contributed by atoms with van der Waals surface area (Å²) < 4.78 is 10.0. The minimum absolute atomic E-state index is 0.117. The van der Waals surface area contributed by atoms with E-state index >= 15 is 0 Å². The van der Waals surface area contributed by atoms with Gasteiger partial charge in [0.05, 0.1) is 38.3 Å². The van der Waals surface area contributed by atoms with Crippen molar-refractivity contribution in [1.82, 2.24) is 5.32 Å². The fourth-order valence-electron chi connectivity index (χ4n) is 3.51. The van der Waals surface area contributed by atoms with Crippen LogP contribution in [0.1, 0.15) is 6.42 Å². The highest BCUT2D eigenvalue weighted by atomic mass is 32.1. The monoisotopic (exact) mass is 352 g/mol. The van der Waals surface area contributed by atoms with E-state index in [-0.39, 0.29) is 6.42 Å². The highest BCUT2D eigenvalue weighted by Crippen LogP contribution is 2.37. The number of nitrogens with one attached hydrogen (secondary N) is 1. The van der Waals surface area contributed by atoms with Gasteiger partial charge < -0.3 is 29.9 Å². The maximum absolute atomic E-state index is 12.2. The van der Waals surface area contributed by atoms with E-state index in [1.54, 1.807) is 24.1 Å². The van der Waals surface area contributed by atoms with Crippen LogP contribution in [0.15, 0.2) is 24.3 Å². The fourth-order valence-corrected chi connectivity index (χ4v) is 3.87. The number of carbonyl (C=O) groups is 1. The van der Waals surface area contributed by atoms with Crippen LogP contribution in [-0.2, 0) is 9.53 Å². The molecular formula is C16H20N2O5S. The summed E-state index contributed by atoms with van der Waals surface area (Å²) >= 11 is 5.40. The number of hydrogen-bond donors (Lipinski definition) is 3. The molecule has 1 aromatic carbocycles. The summed E-state index contributed by atoms with van der Waals surface area (Å²) in [4.78, 5) is 14.0. The number of aliphatic hydroxyl groups excluding tert-OH is 2. The Labute approximate surface area is 145 Å². The fraction of sp³-hybridized carbons (Fsp3) is 0.500. The second kappa shape index (κ2) is 6.54. The third-order valence-electron chi connectivity index (χ3n) is 4.70. The van der Waals surface area contributed by atoms with Crippen molar-refractivity contribution >= 4 is 29.0 Å². The Morgan fingerprint density at radius 2 is 1.96 bits per heavy atom. The Balaban J connectivity index is 1.98. The Bertz CT molecular complexity index is 638. The average molecular weight is 352 g/mol. The van der Waals surface area contributed by atoms with E-state index in [2.05, 4.69) is 5.32 Å². The summed E-state index contributed by atoms with van der Waals surface area (Å²) in [6.07, 6.45) is -1.91. The lowest BCUT2D eigenvalue weighted by atomic mass is 9.77. The van der Waals surface area contributed by atoms with Crippen LogP contribution in [0.2, 0.25) is 0 Å². The highest BCUT2D eigenvalue weighted by Gasteiger charge is 2.54. The van der Waals surface area contributed by atoms with Crippen molar-refractivity contribution in [3.8, 4) is 5.75 Å². The molecule has 1 aliphatic carbocycles. The minimum atomic E-state index is -1.02. The molecule has 2 aliphatic rings. The maximum atomic E-state index is 12.2. The van der Waals surface area contributed by atoms with Gasteiger partial charge in [0.15, 0.2) is 5.11 Å². The van der Waals surface area contributed by atoms with Gasteiger partial charge in [-0.1, -0.05) is 0 Å². The summed E-state index contributed by atoms with van der Waals surface area (Å²) in [7, 11) is 2.90. The molecule has 8 heteroatoms. The van der Waals surface area contributed by atoms with Crippen molar-refractivity contribution in [3.63, 3.8) is 0 Å². The van der Waals surface area contributed by atoms with Gasteiger partial charge in [0.25, 0.3) is 0 Å². The van der Waals surface area contributed by atoms with Crippen LogP contribution in [0.5, 0.6) is 5.75 Å². The Hall–Kier alpha value is -1.90. The zero-order valence-electron chi connectivity index (χ0n) is 13.4. The van der Waals surface area contributed by atoms with Crippen molar-refractivity contribution in [2.45, 2.75) is 30.7 Å². The first-order valence-electron chi connectivity index (χ1n) is 7.65. The molecule has 0 bridgehead atoms. The Morgan fingerprint density at radius 3 is 2.54 bits per heavy atom. The molecule has 1 saturated carbocycles. The van der Waals surface area contributed by atoms with E-state index in [1.807, 2.05) is 12.1 Å². The normalized spacial score (nSPS) is 32.1. The number of aliphatic hydroxyl groups is 2. The lowest BCUT2D eigenvalue weighted by molar-refractivity contribution is -0.151. The quantitative estimate of drug-likeness (QED) is 0.519. The molecule has 2 fully saturated rings. The van der Waals surface area contributed by atoms with Crippen LogP contribution >= 0.6 is 12.2 Å². The van der Waals surface area contributed by atoms with Gasteiger partial charge in [0.2, 0.25) is 0 Å². The summed E-state index contributed by atoms with van der Waals surface area (Å²) in [5, 5.41) is 23.8. The van der Waals surface area contributed by atoms with E-state index in [9.17, 15) is 15.0 Å². The van der Waals surface area contributed by atoms with Gasteiger partial charge in [-0.25, -0.2) is 0 Å². The first kappa shape index (κ1) is 16.9. The molecule has 0 radical (unpaired) electrons. The maximum Gasteiger partial charge on any atom is 0.310 e. The standard InChI is InChI=1S/C16H20N2O5S/c1-22-9-5-3-8(4-6-9)18-13-10(15(21)23-2)7-11(19)14(20)12(13)17-16(18)24/h3-6,10-14,19-20H,7H2,1-2H3,(H,17,24)/t10-,11-,12-,13-,14+/m1/s1. The van der Waals surface area contributed by atoms with Crippen LogP contribution < -0.4 is 15.0 Å². The lowest BCUT2D eigenvalue weighted by Gasteiger charge is -2.40. The number of hydrogen-bond acceptors (Lipinski definition) is 6. The van der Waals surface area contributed by atoms with Gasteiger partial charge >= 0.3 is 5.97 Å². The SMILES string of the molecule is COC(=O)[C@@H]1C[C@@H](O)[C@H](O)[C@@H]2NC(=S)N(c3ccc(OC)cc3)[C@@H]21. The van der Waals surface area contributed by atoms with Crippen molar-refractivity contribution in [2.24, 2.45) is 5.92 Å². The van der Waals surface area contributed by atoms with Crippen molar-refractivity contribution in [2.75, 3.05) is 19.1 Å². The highest BCUT2D eigenvalue weighted by molar-refractivity contribution is 7.80. The molecule has 24 heavy (non-hydrogen) atoms. The van der Waals surface area contributed by atoms with E-state index in [4.69, 9.17) is 21.7 Å². The predicted molar refractivity (Wildman–Crippen MR) is 90.9 cm³/mol. The molecule has 0 spiro atoms. The van der Waals surface area contributed by atoms with Crippen LogP contribution in [0.25, 0.3) is 0 Å². The molecule has 3 rings (SSSR count). The second-order valence-electron chi connectivity index (χ2n) is 5.96. The van der Waals surface area contributed by atoms with Crippen molar-refractivity contribution in [1.29, 1.82) is 0 Å². The predicted octanol–water partition coefficient (Wildman–Crippen LogP) is 0.0416. The summed E-state index contributed by atoms with van der Waals surface area (Å²) in [5.74, 6) is -0.327. The third kappa shape index (κ3) is 2.70. The van der Waals surface area contributed by atoms with E-state index in [1.165, 1.54) is 7.11 Å². The third-order valence-corrected chi connectivity index (χ3v) is 5.01. The Kier molecular flexibility index (Phi) is 4.62. The molecule has 1 aromatic rings. The van der Waals surface area contributed by atoms with Crippen LogP contribution in [0.4, 0.5) is 5.69 Å². The molecule has 5 atom stereocenters. The summed E-state index contributed by atoms with van der Waals surface area (Å²) in [6.45, 7) is 0. The van der Waals surface area contributed by atoms with E-state index in [0.717, 1.165) is 5.69 Å². The van der Waals surface area contributed by atoms with E-state index in [0.29, 0.717) is 10.9 Å². The molecule has 7 nitrogen and oxygen atoms in total. The number of methoxy groups -OCH3 is 2. The smallest absolute Gasteiger partial charge is 0.310 e. The minimum Gasteiger partial charge on any atom is -0.497 e. The van der Waals surface area contributed by atoms with Gasteiger partial charge in [-0.05, 0) is 42.9 Å². The van der Waals surface area contributed by atoms with Crippen molar-refractivity contribution in [3.05, 3.63) is 24.3 Å². The average Bonchev–Trinajstić information content (AvgIpc) is 2.95. The molecule has 1 heterocycles. The molecule has 0 aromatic heterocycles. The van der Waals surface area contributed by atoms with Crippen LogP contribution in [-0.4, -0.2) is 59.8 Å². The zero-order valence-corrected chi connectivity index (χ0v) is 14.2. The topological polar surface area (TPSA) is 91.3 Å². The first-order valence-corrected chi connectivity index (χ1v) is 8.06. The first-order chi connectivity index (χ1) is 11.5. The molecule has 1 aliphatic heterocycles. The lowest BCUT2D eigenvalue weighted by Crippen LogP contribution is -2.59. The van der Waals surface area contributed by atoms with Crippen molar-refractivity contribution < 1.29 is 24.5 Å². The molecule has 0 amide bonds. The van der Waals surface area contributed by atoms with Gasteiger partial charge in [0.1, 0.15) is 11.9 Å². The van der Waals surface area contributed by atoms with Gasteiger partial charge in [-0.15, -0.1) is 0 Å². The van der Waals surface area contributed by atoms with Gasteiger partial charge in [0, 0.05) is 5.69 Å². The number of rotatable bonds is 3. The molecule has 1 saturated heterocycles. The number of fused-ring (bicyclic) bond motifs is 1. The van der Waals surface area contributed by atoms with Crippen LogP contribution in [0.3, 0.4) is 0 Å². The summed E-state index contributed by atoms with van der Waals surface area (Å²) in [6, 6.07) is 6.28. The number of benzene rings is 1. The number of thiocarbonyl (C=S) groups is 1. The molecule has 3 N–H and O–H groups in total.